The van der Waals surface area contributed by atoms with Crippen LogP contribution < -0.4 is 9.64 Å². The van der Waals surface area contributed by atoms with Gasteiger partial charge in [-0.1, -0.05) is 109 Å². The highest BCUT2D eigenvalue weighted by molar-refractivity contribution is 8.00. The maximum atomic E-state index is 13.6. The summed E-state index contributed by atoms with van der Waals surface area (Å²) in [5, 5.41) is 20.9. The summed E-state index contributed by atoms with van der Waals surface area (Å²) in [5.74, 6) is -0.525. The van der Waals surface area contributed by atoms with Crippen LogP contribution in [0.25, 0.3) is 5.76 Å². The number of aliphatic hydroxyl groups is 1. The smallest absolute Gasteiger partial charge is 0.301 e. The lowest BCUT2D eigenvalue weighted by Crippen LogP contribution is -2.29. The van der Waals surface area contributed by atoms with E-state index in [1.165, 1.54) is 28.0 Å². The van der Waals surface area contributed by atoms with E-state index in [9.17, 15) is 14.7 Å². The summed E-state index contributed by atoms with van der Waals surface area (Å²) in [4.78, 5) is 28.4. The van der Waals surface area contributed by atoms with Crippen molar-refractivity contribution in [3.8, 4) is 5.75 Å². The van der Waals surface area contributed by atoms with E-state index in [-0.39, 0.29) is 16.5 Å². The summed E-state index contributed by atoms with van der Waals surface area (Å²) in [6, 6.07) is 21.1. The van der Waals surface area contributed by atoms with Gasteiger partial charge in [-0.3, -0.25) is 14.5 Å². The standard InChI is InChI=1S/C32H30ClN3O4S2/c1-3-4-5-17-40-25-8-6-7-23(18-25)27-26(28(37)22-13-9-20(2)10-14-22)29(38)30(39)36(27)31-34-35-32(42-31)41-19-21-11-15-24(33)16-12-21/h6-16,18,27,37H,3-5,17,19H2,1-2H3. The molecule has 0 radical (unpaired) electrons. The van der Waals surface area contributed by atoms with Gasteiger partial charge in [0, 0.05) is 16.3 Å². The SMILES string of the molecule is CCCCCOc1cccc(C2C(=C(O)c3ccc(C)cc3)C(=O)C(=O)N2c2nnc(SCc3ccc(Cl)cc3)s2)c1. The summed E-state index contributed by atoms with van der Waals surface area (Å²) in [7, 11) is 0. The largest absolute Gasteiger partial charge is 0.507 e. The molecular weight excluding hydrogens is 590 g/mol. The van der Waals surface area contributed by atoms with Gasteiger partial charge in [0.2, 0.25) is 5.13 Å². The lowest BCUT2D eigenvalue weighted by Gasteiger charge is -2.23. The fraction of sp³-hybridized carbons (Fsp3) is 0.250. The number of aryl methyl sites for hydroxylation is 1. The van der Waals surface area contributed by atoms with E-state index in [0.717, 1.165) is 30.4 Å². The number of unbranched alkanes of at least 4 members (excludes halogenated alkanes) is 2. The zero-order chi connectivity index (χ0) is 29.6. The summed E-state index contributed by atoms with van der Waals surface area (Å²) in [6.07, 6.45) is 3.07. The molecule has 4 aromatic rings. The molecule has 5 rings (SSSR count). The van der Waals surface area contributed by atoms with E-state index in [4.69, 9.17) is 16.3 Å². The minimum Gasteiger partial charge on any atom is -0.507 e. The second-order valence-electron chi connectivity index (χ2n) is 9.93. The van der Waals surface area contributed by atoms with Crippen LogP contribution in [0.3, 0.4) is 0 Å². The summed E-state index contributed by atoms with van der Waals surface area (Å²) in [6.45, 7) is 4.63. The number of hydrogen-bond acceptors (Lipinski definition) is 8. The van der Waals surface area contributed by atoms with Crippen LogP contribution >= 0.6 is 34.7 Å². The van der Waals surface area contributed by atoms with Gasteiger partial charge in [-0.2, -0.15) is 0 Å². The van der Waals surface area contributed by atoms with Crippen molar-refractivity contribution in [2.75, 3.05) is 11.5 Å². The summed E-state index contributed by atoms with van der Waals surface area (Å²) in [5.41, 5.74) is 3.15. The highest BCUT2D eigenvalue weighted by Crippen LogP contribution is 2.44. The van der Waals surface area contributed by atoms with Crippen LogP contribution in [0, 0.1) is 6.92 Å². The number of halogens is 1. The van der Waals surface area contributed by atoms with Crippen molar-refractivity contribution in [3.05, 3.63) is 106 Å². The van der Waals surface area contributed by atoms with Crippen LogP contribution in [0.4, 0.5) is 5.13 Å². The molecule has 2 heterocycles. The Morgan fingerprint density at radius 3 is 2.55 bits per heavy atom. The fourth-order valence-corrected chi connectivity index (χ4v) is 6.56. The van der Waals surface area contributed by atoms with Gasteiger partial charge in [0.15, 0.2) is 4.34 Å². The Morgan fingerprint density at radius 2 is 1.81 bits per heavy atom. The highest BCUT2D eigenvalue weighted by Gasteiger charge is 2.48. The predicted octanol–water partition coefficient (Wildman–Crippen LogP) is 7.99. The molecule has 216 valence electrons. The van der Waals surface area contributed by atoms with Gasteiger partial charge in [0.05, 0.1) is 18.2 Å². The molecule has 0 spiro atoms. The van der Waals surface area contributed by atoms with Crippen LogP contribution in [-0.2, 0) is 15.3 Å². The molecule has 3 aromatic carbocycles. The van der Waals surface area contributed by atoms with Crippen LogP contribution in [0.15, 0.2) is 82.7 Å². The fourth-order valence-electron chi connectivity index (χ4n) is 4.61. The molecule has 0 saturated carbocycles. The number of benzene rings is 3. The normalized spacial score (nSPS) is 16.3. The lowest BCUT2D eigenvalue weighted by atomic mass is 9.95. The van der Waals surface area contributed by atoms with Crippen molar-refractivity contribution in [3.63, 3.8) is 0 Å². The van der Waals surface area contributed by atoms with Crippen molar-refractivity contribution in [1.29, 1.82) is 0 Å². The second kappa shape index (κ2) is 13.5. The van der Waals surface area contributed by atoms with Gasteiger partial charge in [-0.15, -0.1) is 10.2 Å². The zero-order valence-electron chi connectivity index (χ0n) is 23.2. The van der Waals surface area contributed by atoms with Gasteiger partial charge in [-0.05, 0) is 48.7 Å². The molecule has 1 atom stereocenters. The second-order valence-corrected chi connectivity index (χ2v) is 12.5. The first-order chi connectivity index (χ1) is 20.4. The van der Waals surface area contributed by atoms with E-state index in [1.807, 2.05) is 67.6 Å². The molecular formula is C32H30ClN3O4S2. The molecule has 1 N–H and O–H groups in total. The minimum absolute atomic E-state index is 0.00227. The quantitative estimate of drug-likeness (QED) is 0.0454. The van der Waals surface area contributed by atoms with Gasteiger partial charge in [0.25, 0.3) is 5.78 Å². The molecule has 42 heavy (non-hydrogen) atoms. The predicted molar refractivity (Wildman–Crippen MR) is 168 cm³/mol. The molecule has 1 unspecified atom stereocenters. The van der Waals surface area contributed by atoms with Crippen molar-refractivity contribution in [2.24, 2.45) is 0 Å². The molecule has 1 aliphatic heterocycles. The molecule has 1 fully saturated rings. The average molecular weight is 620 g/mol. The number of aromatic nitrogens is 2. The Labute approximate surface area is 258 Å². The maximum absolute atomic E-state index is 13.6. The Hall–Kier alpha value is -3.66. The Morgan fingerprint density at radius 1 is 1.05 bits per heavy atom. The number of Topliss-reactive ketones (excluding diaryl/α,β-unsaturated/α-hetero) is 1. The molecule has 1 saturated heterocycles. The number of amides is 1. The number of carbonyl (C=O) groups is 2. The van der Waals surface area contributed by atoms with E-state index < -0.39 is 17.7 Å². The topological polar surface area (TPSA) is 92.6 Å². The monoisotopic (exact) mass is 619 g/mol. The highest BCUT2D eigenvalue weighted by atomic mass is 35.5. The number of hydrogen-bond donors (Lipinski definition) is 1. The molecule has 0 bridgehead atoms. The Balaban J connectivity index is 1.51. The molecule has 1 amide bonds. The molecule has 1 aliphatic rings. The van der Waals surface area contributed by atoms with Gasteiger partial charge in [-0.25, -0.2) is 0 Å². The maximum Gasteiger partial charge on any atom is 0.301 e. The van der Waals surface area contributed by atoms with E-state index >= 15 is 0 Å². The third-order valence-corrected chi connectivity index (χ3v) is 9.22. The Bertz CT molecular complexity index is 1600. The van der Waals surface area contributed by atoms with Crippen LogP contribution in [0.2, 0.25) is 5.02 Å². The number of carbonyl (C=O) groups excluding carboxylic acids is 2. The van der Waals surface area contributed by atoms with E-state index in [0.29, 0.717) is 38.6 Å². The van der Waals surface area contributed by atoms with Gasteiger partial charge >= 0.3 is 5.91 Å². The number of nitrogens with zero attached hydrogens (tertiary/aromatic N) is 3. The first-order valence-corrected chi connectivity index (χ1v) is 15.8. The number of rotatable bonds is 11. The third kappa shape index (κ3) is 6.69. The van der Waals surface area contributed by atoms with Crippen molar-refractivity contribution in [2.45, 2.75) is 49.2 Å². The van der Waals surface area contributed by atoms with Crippen LogP contribution in [0.5, 0.6) is 5.75 Å². The van der Waals surface area contributed by atoms with Crippen LogP contribution in [0.1, 0.15) is 54.5 Å². The van der Waals surface area contributed by atoms with Gasteiger partial charge in [0.1, 0.15) is 11.5 Å². The van der Waals surface area contributed by atoms with E-state index in [2.05, 4.69) is 17.1 Å². The lowest BCUT2D eigenvalue weighted by molar-refractivity contribution is -0.132. The number of ether oxygens (including phenoxy) is 1. The minimum atomic E-state index is -0.910. The number of ketones is 1. The molecule has 1 aromatic heterocycles. The summed E-state index contributed by atoms with van der Waals surface area (Å²) >= 11 is 8.70. The van der Waals surface area contributed by atoms with Gasteiger partial charge < -0.3 is 9.84 Å². The molecule has 0 aliphatic carbocycles. The number of anilines is 1. The number of thioether (sulfide) groups is 1. The average Bonchev–Trinajstić information content (AvgIpc) is 3.57. The van der Waals surface area contributed by atoms with Crippen molar-refractivity contribution in [1.82, 2.24) is 10.2 Å². The third-order valence-electron chi connectivity index (χ3n) is 6.84. The van der Waals surface area contributed by atoms with Crippen molar-refractivity contribution >= 4 is 57.3 Å². The molecule has 10 heteroatoms. The first-order valence-electron chi connectivity index (χ1n) is 13.7. The van der Waals surface area contributed by atoms with Crippen molar-refractivity contribution < 1.29 is 19.4 Å². The Kier molecular flexibility index (Phi) is 9.62. The van der Waals surface area contributed by atoms with Crippen LogP contribution in [-0.4, -0.2) is 33.6 Å². The number of aliphatic hydroxyl groups excluding tert-OH is 1. The zero-order valence-corrected chi connectivity index (χ0v) is 25.6. The summed E-state index contributed by atoms with van der Waals surface area (Å²) < 4.78 is 6.62. The van der Waals surface area contributed by atoms with E-state index in [1.54, 1.807) is 12.1 Å². The molecule has 7 nitrogen and oxygen atoms in total. The first kappa shape index (κ1) is 29.8.